The number of carbonyl (C=O) groups excluding carboxylic acids is 1. The van der Waals surface area contributed by atoms with Crippen LogP contribution < -0.4 is 25.8 Å². The molecule has 3 aliphatic heterocycles. The number of halogens is 3. The maximum Gasteiger partial charge on any atom is 0.263 e. The van der Waals surface area contributed by atoms with E-state index < -0.39 is 17.5 Å². The molecule has 1 atom stereocenters. The van der Waals surface area contributed by atoms with E-state index in [1.807, 2.05) is 12.1 Å². The van der Waals surface area contributed by atoms with Crippen molar-refractivity contribution in [2.75, 3.05) is 25.6 Å². The number of ether oxygens (including phenoxy) is 3. The van der Waals surface area contributed by atoms with Crippen LogP contribution in [0, 0.1) is 5.82 Å². The Balaban J connectivity index is 0.00000176. The topological polar surface area (TPSA) is 134 Å². The smallest absolute Gasteiger partial charge is 0.263 e. The molecule has 2 bridgehead atoms. The highest BCUT2D eigenvalue weighted by molar-refractivity contribution is 5.94. The Morgan fingerprint density at radius 3 is 2.69 bits per heavy atom. The van der Waals surface area contributed by atoms with Crippen LogP contribution in [0.5, 0.6) is 11.6 Å². The van der Waals surface area contributed by atoms with E-state index in [2.05, 4.69) is 25.6 Å². The Morgan fingerprint density at radius 2 is 1.97 bits per heavy atom. The fraction of sp³-hybridized carbons (Fsp3) is 0.462. The van der Waals surface area contributed by atoms with Crippen LogP contribution in [0.2, 0.25) is 0 Å². The van der Waals surface area contributed by atoms with E-state index in [9.17, 15) is 9.18 Å². The number of hydrogen-bond donors (Lipinski definition) is 3. The molecule has 1 unspecified atom stereocenters. The predicted molar refractivity (Wildman–Crippen MR) is 147 cm³/mol. The molecule has 1 amide bonds. The van der Waals surface area contributed by atoms with Crippen molar-refractivity contribution in [2.24, 2.45) is 5.73 Å². The van der Waals surface area contributed by atoms with Gasteiger partial charge in [-0.15, -0.1) is 24.8 Å². The molecule has 1 aliphatic carbocycles. The highest BCUT2D eigenvalue weighted by Gasteiger charge is 2.52. The van der Waals surface area contributed by atoms with Crippen LogP contribution in [0.25, 0.3) is 11.0 Å². The maximum atomic E-state index is 14.9. The summed E-state index contributed by atoms with van der Waals surface area (Å²) in [4.78, 5) is 24.7. The summed E-state index contributed by atoms with van der Waals surface area (Å²) in [5.41, 5.74) is 8.33. The van der Waals surface area contributed by atoms with Crippen molar-refractivity contribution in [3.8, 4) is 11.6 Å². The van der Waals surface area contributed by atoms with Gasteiger partial charge in [-0.1, -0.05) is 0 Å². The van der Waals surface area contributed by atoms with Gasteiger partial charge in [0.05, 0.1) is 42.2 Å². The number of aromatic nitrogens is 3. The van der Waals surface area contributed by atoms with Gasteiger partial charge in [-0.2, -0.15) is 0 Å². The van der Waals surface area contributed by atoms with Gasteiger partial charge in [-0.25, -0.2) is 14.4 Å². The first kappa shape index (κ1) is 29.2. The van der Waals surface area contributed by atoms with Crippen LogP contribution >= 0.6 is 24.8 Å². The molecular weight excluding hydrogens is 550 g/mol. The summed E-state index contributed by atoms with van der Waals surface area (Å²) in [7, 11) is 1.53. The highest BCUT2D eigenvalue weighted by atomic mass is 35.5. The standard InChI is InChI=1S/C26H29FN6O4.2ClH/c1-35-22-5-3-18-23(33-22)16(17(27)12-29-18)10-20(28)26-8-6-25(7-9-26,14-37-26)30-11-15-2-4-19-24(31-15)32-21(34)13-36-19;;/h2-5,12,20,30H,6-11,13-14,28H2,1H3,(H,31,32,34);2*1H. The number of nitrogens with zero attached hydrogens (tertiary/aromatic N) is 3. The lowest BCUT2D eigenvalue weighted by molar-refractivity contribution is -0.173. The summed E-state index contributed by atoms with van der Waals surface area (Å²) >= 11 is 0. The molecule has 4 N–H and O–H groups in total. The minimum absolute atomic E-state index is 0. The molecule has 39 heavy (non-hydrogen) atoms. The third kappa shape index (κ3) is 5.46. The summed E-state index contributed by atoms with van der Waals surface area (Å²) < 4.78 is 31.9. The Hall–Kier alpha value is -2.83. The van der Waals surface area contributed by atoms with E-state index in [0.29, 0.717) is 47.2 Å². The Morgan fingerprint density at radius 1 is 1.18 bits per heavy atom. The number of methoxy groups -OCH3 is 1. The zero-order chi connectivity index (χ0) is 25.6. The molecule has 0 radical (unpaired) electrons. The van der Waals surface area contributed by atoms with E-state index in [1.165, 1.54) is 13.3 Å². The summed E-state index contributed by atoms with van der Waals surface area (Å²) in [6.45, 7) is 1.05. The van der Waals surface area contributed by atoms with Gasteiger partial charge < -0.3 is 30.6 Å². The molecule has 13 heteroatoms. The third-order valence-corrected chi connectivity index (χ3v) is 7.91. The van der Waals surface area contributed by atoms with E-state index in [4.69, 9.17) is 19.9 Å². The minimum Gasteiger partial charge on any atom is -0.481 e. The second-order valence-corrected chi connectivity index (χ2v) is 10.1. The zero-order valence-electron chi connectivity index (χ0n) is 21.4. The molecule has 10 nitrogen and oxygen atoms in total. The lowest BCUT2D eigenvalue weighted by Gasteiger charge is -2.55. The fourth-order valence-corrected chi connectivity index (χ4v) is 5.60. The first-order valence-corrected chi connectivity index (χ1v) is 12.4. The average Bonchev–Trinajstić information content (AvgIpc) is 2.94. The molecule has 4 aliphatic rings. The first-order valence-electron chi connectivity index (χ1n) is 12.4. The van der Waals surface area contributed by atoms with Crippen molar-refractivity contribution in [3.05, 3.63) is 47.5 Å². The summed E-state index contributed by atoms with van der Waals surface area (Å²) in [6, 6.07) is 6.79. The lowest BCUT2D eigenvalue weighted by Crippen LogP contribution is -2.66. The van der Waals surface area contributed by atoms with Crippen LogP contribution in [-0.2, 0) is 22.5 Å². The molecule has 3 aromatic rings. The number of amides is 1. The number of carbonyl (C=O) groups is 1. The van der Waals surface area contributed by atoms with Crippen molar-refractivity contribution in [1.82, 2.24) is 20.3 Å². The van der Waals surface area contributed by atoms with Gasteiger partial charge in [0.15, 0.2) is 18.2 Å². The number of rotatable bonds is 7. The van der Waals surface area contributed by atoms with Gasteiger partial charge in [0.2, 0.25) is 5.88 Å². The van der Waals surface area contributed by atoms with Gasteiger partial charge >= 0.3 is 0 Å². The van der Waals surface area contributed by atoms with Crippen molar-refractivity contribution in [1.29, 1.82) is 0 Å². The van der Waals surface area contributed by atoms with Crippen molar-refractivity contribution < 1.29 is 23.4 Å². The summed E-state index contributed by atoms with van der Waals surface area (Å²) in [5.74, 6) is 0.787. The SMILES string of the molecule is COc1ccc2ncc(F)c(CC(N)C34CCC(NCc5ccc6c(n5)NC(=O)CO6)(CC3)CO4)c2n1.Cl.Cl. The van der Waals surface area contributed by atoms with Gasteiger partial charge in [0.1, 0.15) is 5.82 Å². The van der Waals surface area contributed by atoms with Crippen LogP contribution in [0.3, 0.4) is 0 Å². The van der Waals surface area contributed by atoms with Crippen molar-refractivity contribution in [3.63, 3.8) is 0 Å². The number of nitrogens with one attached hydrogen (secondary N) is 2. The molecule has 0 spiro atoms. The van der Waals surface area contributed by atoms with Gasteiger partial charge in [0.25, 0.3) is 5.91 Å². The third-order valence-electron chi connectivity index (χ3n) is 7.91. The molecule has 3 aromatic heterocycles. The molecular formula is C26H31Cl2FN6O4. The van der Waals surface area contributed by atoms with E-state index >= 15 is 0 Å². The lowest BCUT2D eigenvalue weighted by atomic mass is 9.67. The zero-order valence-corrected chi connectivity index (χ0v) is 23.0. The van der Waals surface area contributed by atoms with Crippen LogP contribution in [0.15, 0.2) is 30.5 Å². The monoisotopic (exact) mass is 580 g/mol. The number of nitrogens with two attached hydrogens (primary N) is 1. The number of hydrogen-bond acceptors (Lipinski definition) is 9. The van der Waals surface area contributed by atoms with Crippen molar-refractivity contribution >= 4 is 47.6 Å². The Kier molecular flexibility index (Phi) is 8.48. The number of anilines is 1. The molecule has 1 saturated carbocycles. The van der Waals surface area contributed by atoms with Crippen molar-refractivity contribution in [2.45, 2.75) is 55.8 Å². The minimum atomic E-state index is -0.518. The van der Waals surface area contributed by atoms with Gasteiger partial charge in [-0.05, 0) is 50.3 Å². The fourth-order valence-electron chi connectivity index (χ4n) is 5.60. The normalized spacial score (nSPS) is 24.0. The molecule has 2 saturated heterocycles. The summed E-state index contributed by atoms with van der Waals surface area (Å²) in [5, 5.41) is 6.38. The number of pyridine rings is 3. The largest absolute Gasteiger partial charge is 0.481 e. The van der Waals surface area contributed by atoms with Crippen LogP contribution in [0.4, 0.5) is 10.2 Å². The quantitative estimate of drug-likeness (QED) is 0.385. The second kappa shape index (κ2) is 11.3. The Labute approximate surface area is 237 Å². The van der Waals surface area contributed by atoms with Gasteiger partial charge in [0, 0.05) is 29.8 Å². The highest BCUT2D eigenvalue weighted by Crippen LogP contribution is 2.46. The van der Waals surface area contributed by atoms with E-state index in [-0.39, 0.29) is 49.3 Å². The molecule has 7 rings (SSSR count). The van der Waals surface area contributed by atoms with Crippen LogP contribution in [0.1, 0.15) is 36.9 Å². The number of fused-ring (bicyclic) bond motifs is 5. The predicted octanol–water partition coefficient (Wildman–Crippen LogP) is 3.09. The molecule has 6 heterocycles. The van der Waals surface area contributed by atoms with Gasteiger partial charge in [-0.3, -0.25) is 9.78 Å². The van der Waals surface area contributed by atoms with Crippen LogP contribution in [-0.4, -0.2) is 58.4 Å². The molecule has 0 aromatic carbocycles. The van der Waals surface area contributed by atoms with E-state index in [1.54, 1.807) is 12.1 Å². The Bertz CT molecular complexity index is 1360. The average molecular weight is 581 g/mol. The maximum absolute atomic E-state index is 14.9. The van der Waals surface area contributed by atoms with E-state index in [0.717, 1.165) is 31.4 Å². The summed E-state index contributed by atoms with van der Waals surface area (Å²) in [6.07, 6.45) is 4.82. The second-order valence-electron chi connectivity index (χ2n) is 10.1. The first-order chi connectivity index (χ1) is 17.9. The molecule has 3 fully saturated rings. The molecule has 210 valence electrons.